The molecule has 0 aromatic heterocycles. The number of hydrogen-bond donors (Lipinski definition) is 1. The number of carbonyl (C=O) groups is 1. The molecule has 0 bridgehead atoms. The maximum atomic E-state index is 12.5. The third-order valence-electron chi connectivity index (χ3n) is 5.03. The Hall–Kier alpha value is -2.17. The van der Waals surface area contributed by atoms with E-state index in [-0.39, 0.29) is 5.91 Å². The van der Waals surface area contributed by atoms with Gasteiger partial charge in [0.1, 0.15) is 0 Å². The molecule has 1 atom stereocenters. The van der Waals surface area contributed by atoms with Crippen LogP contribution in [0.1, 0.15) is 39.5 Å². The van der Waals surface area contributed by atoms with E-state index in [0.717, 1.165) is 48.5 Å². The van der Waals surface area contributed by atoms with Crippen molar-refractivity contribution in [2.45, 2.75) is 40.0 Å². The van der Waals surface area contributed by atoms with Crippen LogP contribution in [0.15, 0.2) is 42.5 Å². The first-order valence-electron chi connectivity index (χ1n) is 9.29. The number of morpholine rings is 1. The van der Waals surface area contributed by atoms with Gasteiger partial charge in [0.15, 0.2) is 0 Å². The molecule has 2 aromatic rings. The number of benzene rings is 2. The van der Waals surface area contributed by atoms with Crippen LogP contribution in [0, 0.1) is 13.8 Å². The molecule has 4 heteroatoms. The van der Waals surface area contributed by atoms with Crippen molar-refractivity contribution in [3.05, 3.63) is 70.3 Å². The van der Waals surface area contributed by atoms with Crippen molar-refractivity contribution in [3.63, 3.8) is 0 Å². The summed E-state index contributed by atoms with van der Waals surface area (Å²) >= 11 is 0. The number of nitrogens with zero attached hydrogens (tertiary/aromatic N) is 1. The number of nitrogens with one attached hydrogen (secondary N) is 1. The van der Waals surface area contributed by atoms with Crippen LogP contribution in [0.25, 0.3) is 0 Å². The van der Waals surface area contributed by atoms with Gasteiger partial charge in [-0.2, -0.15) is 0 Å². The van der Waals surface area contributed by atoms with E-state index in [4.69, 9.17) is 4.74 Å². The van der Waals surface area contributed by atoms with Crippen LogP contribution in [-0.2, 0) is 17.8 Å². The Morgan fingerprint density at radius 2 is 1.96 bits per heavy atom. The van der Waals surface area contributed by atoms with Gasteiger partial charge >= 0.3 is 0 Å². The van der Waals surface area contributed by atoms with Gasteiger partial charge in [0.25, 0.3) is 5.91 Å². The minimum Gasteiger partial charge on any atom is -0.376 e. The second-order valence-electron chi connectivity index (χ2n) is 7.17. The summed E-state index contributed by atoms with van der Waals surface area (Å²) in [6.07, 6.45) is 0.295. The first-order chi connectivity index (χ1) is 12.5. The van der Waals surface area contributed by atoms with E-state index in [2.05, 4.69) is 41.4 Å². The highest BCUT2D eigenvalue weighted by Gasteiger charge is 2.16. The van der Waals surface area contributed by atoms with Gasteiger partial charge in [-0.1, -0.05) is 36.4 Å². The summed E-state index contributed by atoms with van der Waals surface area (Å²) in [5.41, 5.74) is 5.34. The van der Waals surface area contributed by atoms with Gasteiger partial charge in [0, 0.05) is 31.7 Å². The molecule has 138 valence electrons. The first kappa shape index (κ1) is 18.6. The molecule has 0 saturated carbocycles. The summed E-state index contributed by atoms with van der Waals surface area (Å²) < 4.78 is 5.61. The highest BCUT2D eigenvalue weighted by molar-refractivity contribution is 5.95. The van der Waals surface area contributed by atoms with Gasteiger partial charge in [0.2, 0.25) is 0 Å². The molecule has 1 N–H and O–H groups in total. The van der Waals surface area contributed by atoms with Crippen molar-refractivity contribution < 1.29 is 9.53 Å². The van der Waals surface area contributed by atoms with Crippen molar-refractivity contribution in [1.82, 2.24) is 10.2 Å². The normalized spacial score (nSPS) is 17.9. The number of aryl methyl sites for hydroxylation is 1. The van der Waals surface area contributed by atoms with E-state index in [1.54, 1.807) is 0 Å². The molecule has 1 heterocycles. The zero-order valence-corrected chi connectivity index (χ0v) is 15.9. The minimum atomic E-state index is -0.0152. The van der Waals surface area contributed by atoms with Crippen LogP contribution in [0.4, 0.5) is 0 Å². The van der Waals surface area contributed by atoms with Crippen LogP contribution in [-0.4, -0.2) is 36.6 Å². The molecule has 1 amide bonds. The molecule has 0 aliphatic carbocycles. The van der Waals surface area contributed by atoms with Crippen molar-refractivity contribution in [2.24, 2.45) is 0 Å². The zero-order chi connectivity index (χ0) is 18.5. The van der Waals surface area contributed by atoms with E-state index in [9.17, 15) is 4.79 Å². The molecule has 0 spiro atoms. The first-order valence-corrected chi connectivity index (χ1v) is 9.29. The van der Waals surface area contributed by atoms with Gasteiger partial charge in [-0.15, -0.1) is 0 Å². The average Bonchev–Trinajstić information content (AvgIpc) is 2.62. The Morgan fingerprint density at radius 3 is 2.77 bits per heavy atom. The zero-order valence-electron chi connectivity index (χ0n) is 15.9. The summed E-state index contributed by atoms with van der Waals surface area (Å²) in [6, 6.07) is 14.3. The quantitative estimate of drug-likeness (QED) is 0.896. The predicted molar refractivity (Wildman–Crippen MR) is 104 cm³/mol. The van der Waals surface area contributed by atoms with Gasteiger partial charge in [-0.25, -0.2) is 0 Å². The van der Waals surface area contributed by atoms with Crippen LogP contribution < -0.4 is 5.32 Å². The third kappa shape index (κ3) is 4.71. The largest absolute Gasteiger partial charge is 0.376 e. The molecule has 1 saturated heterocycles. The van der Waals surface area contributed by atoms with Crippen LogP contribution in [0.3, 0.4) is 0 Å². The van der Waals surface area contributed by atoms with Gasteiger partial charge < -0.3 is 10.1 Å². The second-order valence-corrected chi connectivity index (χ2v) is 7.17. The fourth-order valence-electron chi connectivity index (χ4n) is 3.41. The lowest BCUT2D eigenvalue weighted by Crippen LogP contribution is -2.40. The van der Waals surface area contributed by atoms with Crippen LogP contribution in [0.2, 0.25) is 0 Å². The number of hydrogen-bond acceptors (Lipinski definition) is 3. The number of carbonyl (C=O) groups excluding carboxylic acids is 1. The summed E-state index contributed by atoms with van der Waals surface area (Å²) in [5, 5.41) is 3.05. The minimum absolute atomic E-state index is 0.0152. The smallest absolute Gasteiger partial charge is 0.251 e. The summed E-state index contributed by atoms with van der Waals surface area (Å²) in [4.78, 5) is 14.9. The molecule has 4 nitrogen and oxygen atoms in total. The Morgan fingerprint density at radius 1 is 1.19 bits per heavy atom. The number of ether oxygens (including phenoxy) is 1. The topological polar surface area (TPSA) is 41.6 Å². The maximum Gasteiger partial charge on any atom is 0.251 e. The van der Waals surface area contributed by atoms with E-state index in [1.165, 1.54) is 5.56 Å². The SMILES string of the molecule is Cc1cccc(C(=O)NCc2cccc(CN3CCOC(C)C3)c2)c1C. The van der Waals surface area contributed by atoms with Crippen molar-refractivity contribution in [1.29, 1.82) is 0 Å². The molecular formula is C22H28N2O2. The fourth-order valence-corrected chi connectivity index (χ4v) is 3.41. The van der Waals surface area contributed by atoms with E-state index in [1.807, 2.05) is 32.0 Å². The van der Waals surface area contributed by atoms with Gasteiger partial charge in [0.05, 0.1) is 12.7 Å². The van der Waals surface area contributed by atoms with Gasteiger partial charge in [-0.05, 0) is 49.1 Å². The molecule has 2 aromatic carbocycles. The average molecular weight is 352 g/mol. The standard InChI is InChI=1S/C22H28N2O2/c1-16-6-4-9-21(18(16)3)22(25)23-13-19-7-5-8-20(12-19)15-24-10-11-26-17(2)14-24/h4-9,12,17H,10-11,13-15H2,1-3H3,(H,23,25). The monoisotopic (exact) mass is 352 g/mol. The number of rotatable bonds is 5. The molecule has 1 aliphatic rings. The second kappa shape index (κ2) is 8.47. The van der Waals surface area contributed by atoms with E-state index >= 15 is 0 Å². The molecule has 1 unspecified atom stereocenters. The van der Waals surface area contributed by atoms with Crippen molar-refractivity contribution >= 4 is 5.91 Å². The lowest BCUT2D eigenvalue weighted by molar-refractivity contribution is -0.0212. The van der Waals surface area contributed by atoms with Crippen LogP contribution >= 0.6 is 0 Å². The molecule has 1 aliphatic heterocycles. The Labute approximate surface area is 156 Å². The predicted octanol–water partition coefficient (Wildman–Crippen LogP) is 3.45. The number of amides is 1. The lowest BCUT2D eigenvalue weighted by Gasteiger charge is -2.31. The summed E-state index contributed by atoms with van der Waals surface area (Å²) in [7, 11) is 0. The fraction of sp³-hybridized carbons (Fsp3) is 0.409. The third-order valence-corrected chi connectivity index (χ3v) is 5.03. The summed E-state index contributed by atoms with van der Waals surface area (Å²) in [6.45, 7) is 10.3. The molecular weight excluding hydrogens is 324 g/mol. The Balaban J connectivity index is 1.60. The van der Waals surface area contributed by atoms with Gasteiger partial charge in [-0.3, -0.25) is 9.69 Å². The lowest BCUT2D eigenvalue weighted by atomic mass is 10.0. The molecule has 3 rings (SSSR count). The van der Waals surface area contributed by atoms with E-state index < -0.39 is 0 Å². The Bertz CT molecular complexity index is 772. The molecule has 26 heavy (non-hydrogen) atoms. The van der Waals surface area contributed by atoms with Crippen LogP contribution in [0.5, 0.6) is 0 Å². The molecule has 0 radical (unpaired) electrons. The summed E-state index contributed by atoms with van der Waals surface area (Å²) in [5.74, 6) is -0.0152. The highest BCUT2D eigenvalue weighted by atomic mass is 16.5. The maximum absolute atomic E-state index is 12.5. The van der Waals surface area contributed by atoms with Crippen molar-refractivity contribution in [2.75, 3.05) is 19.7 Å². The van der Waals surface area contributed by atoms with E-state index in [0.29, 0.717) is 12.6 Å². The van der Waals surface area contributed by atoms with Crippen molar-refractivity contribution in [3.8, 4) is 0 Å². The highest BCUT2D eigenvalue weighted by Crippen LogP contribution is 2.14. The Kier molecular flexibility index (Phi) is 6.07. The molecule has 1 fully saturated rings.